The van der Waals surface area contributed by atoms with Crippen molar-refractivity contribution in [1.29, 1.82) is 0 Å². The number of benzene rings is 1. The van der Waals surface area contributed by atoms with Crippen LogP contribution in [0.2, 0.25) is 0 Å². The average molecular weight is 268 g/mol. The molecule has 1 aromatic carbocycles. The van der Waals surface area contributed by atoms with Crippen LogP contribution in [-0.2, 0) is 6.54 Å². The van der Waals surface area contributed by atoms with E-state index < -0.39 is 0 Å². The Morgan fingerprint density at radius 2 is 2.00 bits per heavy atom. The second-order valence-corrected chi connectivity index (χ2v) is 5.48. The standard InChI is InChI=1S/C15H22F2N2/c1-12(11-19-6-2-3-7-19)9-18-10-13-8-14(16)4-5-15(13)17/h4-5,8,12,18H,2-3,6-7,9-11H2,1H3. The quantitative estimate of drug-likeness (QED) is 0.853. The van der Waals surface area contributed by atoms with Gasteiger partial charge in [-0.25, -0.2) is 8.78 Å². The van der Waals surface area contributed by atoms with Crippen LogP contribution in [0.5, 0.6) is 0 Å². The van der Waals surface area contributed by atoms with Crippen molar-refractivity contribution in [3.8, 4) is 0 Å². The van der Waals surface area contributed by atoms with Gasteiger partial charge in [0.05, 0.1) is 0 Å². The lowest BCUT2D eigenvalue weighted by atomic mass is 10.1. The molecule has 1 aliphatic heterocycles. The number of halogens is 2. The lowest BCUT2D eigenvalue weighted by Crippen LogP contribution is -2.31. The molecule has 0 radical (unpaired) electrons. The van der Waals surface area contributed by atoms with Crippen LogP contribution in [0.4, 0.5) is 8.78 Å². The highest BCUT2D eigenvalue weighted by Gasteiger charge is 2.14. The van der Waals surface area contributed by atoms with Gasteiger partial charge in [-0.2, -0.15) is 0 Å². The lowest BCUT2D eigenvalue weighted by Gasteiger charge is -2.20. The number of rotatable bonds is 6. The van der Waals surface area contributed by atoms with Crippen LogP contribution >= 0.6 is 0 Å². The second kappa shape index (κ2) is 6.96. The fraction of sp³-hybridized carbons (Fsp3) is 0.600. The monoisotopic (exact) mass is 268 g/mol. The molecule has 2 nitrogen and oxygen atoms in total. The molecule has 1 aliphatic rings. The van der Waals surface area contributed by atoms with Gasteiger partial charge in [0, 0.05) is 18.7 Å². The summed E-state index contributed by atoms with van der Waals surface area (Å²) in [5.74, 6) is -0.209. The predicted octanol–water partition coefficient (Wildman–Crippen LogP) is 2.79. The normalized spacial score (nSPS) is 17.8. The number of hydrogen-bond acceptors (Lipinski definition) is 2. The first kappa shape index (κ1) is 14.4. The molecule has 1 saturated heterocycles. The molecular weight excluding hydrogens is 246 g/mol. The van der Waals surface area contributed by atoms with E-state index in [2.05, 4.69) is 17.1 Å². The predicted molar refractivity (Wildman–Crippen MR) is 72.9 cm³/mol. The van der Waals surface area contributed by atoms with Crippen LogP contribution in [0.3, 0.4) is 0 Å². The summed E-state index contributed by atoms with van der Waals surface area (Å²) in [6.07, 6.45) is 2.60. The Hall–Kier alpha value is -1.00. The summed E-state index contributed by atoms with van der Waals surface area (Å²) < 4.78 is 26.4. The molecule has 1 fully saturated rings. The zero-order chi connectivity index (χ0) is 13.7. The third-order valence-electron chi connectivity index (χ3n) is 3.58. The van der Waals surface area contributed by atoms with Gasteiger partial charge in [0.2, 0.25) is 0 Å². The van der Waals surface area contributed by atoms with Crippen molar-refractivity contribution in [2.24, 2.45) is 5.92 Å². The van der Waals surface area contributed by atoms with Gasteiger partial charge in [0.25, 0.3) is 0 Å². The van der Waals surface area contributed by atoms with E-state index >= 15 is 0 Å². The van der Waals surface area contributed by atoms with Crippen molar-refractivity contribution in [3.63, 3.8) is 0 Å². The molecular formula is C15H22F2N2. The van der Waals surface area contributed by atoms with E-state index in [-0.39, 0.29) is 11.6 Å². The Kier molecular flexibility index (Phi) is 5.28. The summed E-state index contributed by atoms with van der Waals surface area (Å²) in [4.78, 5) is 2.47. The van der Waals surface area contributed by atoms with Gasteiger partial charge in [0.15, 0.2) is 0 Å². The molecule has 106 valence electrons. The van der Waals surface area contributed by atoms with Gasteiger partial charge >= 0.3 is 0 Å². The number of nitrogens with zero attached hydrogens (tertiary/aromatic N) is 1. The van der Waals surface area contributed by atoms with E-state index in [9.17, 15) is 8.78 Å². The van der Waals surface area contributed by atoms with Gasteiger partial charge in [-0.1, -0.05) is 6.92 Å². The first-order valence-electron chi connectivity index (χ1n) is 7.02. The molecule has 0 saturated carbocycles. The van der Waals surface area contributed by atoms with Crippen molar-refractivity contribution in [1.82, 2.24) is 10.2 Å². The number of likely N-dealkylation sites (tertiary alicyclic amines) is 1. The van der Waals surface area contributed by atoms with Crippen molar-refractivity contribution >= 4 is 0 Å². The first-order chi connectivity index (χ1) is 9.15. The van der Waals surface area contributed by atoms with Gasteiger partial charge in [-0.15, -0.1) is 0 Å². The molecule has 2 rings (SSSR count). The maximum atomic E-state index is 13.4. The third-order valence-corrected chi connectivity index (χ3v) is 3.58. The van der Waals surface area contributed by atoms with Crippen LogP contribution in [0, 0.1) is 17.6 Å². The summed E-state index contributed by atoms with van der Waals surface area (Å²) in [7, 11) is 0. The molecule has 1 atom stereocenters. The minimum atomic E-state index is -0.386. The summed E-state index contributed by atoms with van der Waals surface area (Å²) in [5.41, 5.74) is 0.397. The molecule has 0 spiro atoms. The molecule has 19 heavy (non-hydrogen) atoms. The first-order valence-corrected chi connectivity index (χ1v) is 7.02. The summed E-state index contributed by atoms with van der Waals surface area (Å²) in [5, 5.41) is 3.21. The maximum Gasteiger partial charge on any atom is 0.127 e. The summed E-state index contributed by atoms with van der Waals surface area (Å²) in [6, 6.07) is 3.59. The van der Waals surface area contributed by atoms with Gasteiger partial charge < -0.3 is 10.2 Å². The van der Waals surface area contributed by atoms with E-state index in [0.717, 1.165) is 19.2 Å². The van der Waals surface area contributed by atoms with Crippen LogP contribution in [0.25, 0.3) is 0 Å². The highest BCUT2D eigenvalue weighted by molar-refractivity contribution is 5.18. The molecule has 0 aromatic heterocycles. The fourth-order valence-electron chi connectivity index (χ4n) is 2.60. The van der Waals surface area contributed by atoms with Crippen LogP contribution in [-0.4, -0.2) is 31.1 Å². The van der Waals surface area contributed by atoms with Crippen LogP contribution < -0.4 is 5.32 Å². The Morgan fingerprint density at radius 1 is 1.26 bits per heavy atom. The van der Waals surface area contributed by atoms with Crippen molar-refractivity contribution in [2.45, 2.75) is 26.3 Å². The average Bonchev–Trinajstić information content (AvgIpc) is 2.86. The van der Waals surface area contributed by atoms with Gasteiger partial charge in [-0.3, -0.25) is 0 Å². The smallest absolute Gasteiger partial charge is 0.127 e. The highest BCUT2D eigenvalue weighted by Crippen LogP contribution is 2.11. The van der Waals surface area contributed by atoms with E-state index in [1.807, 2.05) is 0 Å². The van der Waals surface area contributed by atoms with Crippen LogP contribution in [0.1, 0.15) is 25.3 Å². The Labute approximate surface area is 113 Å². The summed E-state index contributed by atoms with van der Waals surface area (Å²) in [6.45, 7) is 6.87. The topological polar surface area (TPSA) is 15.3 Å². The molecule has 1 heterocycles. The molecule has 4 heteroatoms. The van der Waals surface area contributed by atoms with Crippen LogP contribution in [0.15, 0.2) is 18.2 Å². The Morgan fingerprint density at radius 3 is 2.74 bits per heavy atom. The Bertz CT molecular complexity index is 403. The molecule has 0 amide bonds. The third kappa shape index (κ3) is 4.55. The molecule has 0 bridgehead atoms. The second-order valence-electron chi connectivity index (χ2n) is 5.48. The molecule has 1 unspecified atom stereocenters. The highest BCUT2D eigenvalue weighted by atomic mass is 19.1. The van der Waals surface area contributed by atoms with Crippen molar-refractivity contribution in [3.05, 3.63) is 35.4 Å². The van der Waals surface area contributed by atoms with E-state index in [4.69, 9.17) is 0 Å². The van der Waals surface area contributed by atoms with E-state index in [1.165, 1.54) is 38.1 Å². The van der Waals surface area contributed by atoms with E-state index in [1.54, 1.807) is 0 Å². The largest absolute Gasteiger partial charge is 0.312 e. The number of nitrogens with one attached hydrogen (secondary N) is 1. The minimum Gasteiger partial charge on any atom is -0.312 e. The molecule has 1 aromatic rings. The minimum absolute atomic E-state index is 0.346. The number of hydrogen-bond donors (Lipinski definition) is 1. The lowest BCUT2D eigenvalue weighted by molar-refractivity contribution is 0.282. The maximum absolute atomic E-state index is 13.4. The molecule has 1 N–H and O–H groups in total. The van der Waals surface area contributed by atoms with Crippen molar-refractivity contribution < 1.29 is 8.78 Å². The van der Waals surface area contributed by atoms with Gasteiger partial charge in [0.1, 0.15) is 11.6 Å². The van der Waals surface area contributed by atoms with E-state index in [0.29, 0.717) is 18.0 Å². The van der Waals surface area contributed by atoms with Crippen molar-refractivity contribution in [2.75, 3.05) is 26.2 Å². The SMILES string of the molecule is CC(CNCc1cc(F)ccc1F)CN1CCCC1. The zero-order valence-corrected chi connectivity index (χ0v) is 11.5. The van der Waals surface area contributed by atoms with Gasteiger partial charge in [-0.05, 0) is 56.6 Å². The fourth-order valence-corrected chi connectivity index (χ4v) is 2.60. The zero-order valence-electron chi connectivity index (χ0n) is 11.5. The molecule has 0 aliphatic carbocycles. The summed E-state index contributed by atoms with van der Waals surface area (Å²) >= 11 is 0. The Balaban J connectivity index is 1.71.